The zero-order chi connectivity index (χ0) is 20.3. The molecule has 6 nitrogen and oxygen atoms in total. The van der Waals surface area contributed by atoms with Crippen molar-refractivity contribution in [3.05, 3.63) is 64.1 Å². The maximum absolute atomic E-state index is 12.9. The number of rotatable bonds is 5. The predicted molar refractivity (Wildman–Crippen MR) is 108 cm³/mol. The number of carbonyl (C=O) groups is 1. The number of esters is 1. The largest absolute Gasteiger partial charge is 0.468 e. The number of sulfonamides is 1. The van der Waals surface area contributed by atoms with Gasteiger partial charge in [-0.3, -0.25) is 4.90 Å². The number of methoxy groups -OCH3 is 1. The standard InChI is InChI=1S/C19H20Cl2N2O4S/c1-27-19(24)18(14-6-2-3-7-15(14)20)22-10-12-23(13-11-22)28(25,26)17-9-5-4-8-16(17)21/h2-9,18H,10-13H2,1H3/t18-/m1/s1. The zero-order valence-corrected chi connectivity index (χ0v) is 17.5. The molecule has 0 aromatic heterocycles. The van der Waals surface area contributed by atoms with E-state index < -0.39 is 22.0 Å². The molecule has 9 heteroatoms. The van der Waals surface area contributed by atoms with Crippen LogP contribution in [-0.2, 0) is 19.6 Å². The number of piperazine rings is 1. The molecule has 3 rings (SSSR count). The quantitative estimate of drug-likeness (QED) is 0.664. The van der Waals surface area contributed by atoms with Gasteiger partial charge in [0.1, 0.15) is 10.9 Å². The Labute approximate surface area is 174 Å². The number of hydrogen-bond donors (Lipinski definition) is 0. The van der Waals surface area contributed by atoms with Crippen LogP contribution in [0.3, 0.4) is 0 Å². The van der Waals surface area contributed by atoms with E-state index >= 15 is 0 Å². The molecule has 1 heterocycles. The van der Waals surface area contributed by atoms with Crippen LogP contribution in [0.15, 0.2) is 53.4 Å². The van der Waals surface area contributed by atoms with Crippen LogP contribution in [0.25, 0.3) is 0 Å². The fraction of sp³-hybridized carbons (Fsp3) is 0.316. The van der Waals surface area contributed by atoms with Crippen LogP contribution in [-0.4, -0.2) is 56.9 Å². The first-order valence-corrected chi connectivity index (χ1v) is 10.9. The molecule has 1 aliphatic rings. The molecule has 1 fully saturated rings. The summed E-state index contributed by atoms with van der Waals surface area (Å²) in [6.45, 7) is 1.17. The van der Waals surface area contributed by atoms with Crippen LogP contribution in [0.4, 0.5) is 0 Å². The monoisotopic (exact) mass is 442 g/mol. The fourth-order valence-corrected chi connectivity index (χ4v) is 5.43. The predicted octanol–water partition coefficient (Wildman–Crippen LogP) is 3.21. The minimum absolute atomic E-state index is 0.0840. The number of hydrogen-bond acceptors (Lipinski definition) is 5. The second kappa shape index (κ2) is 8.80. The van der Waals surface area contributed by atoms with E-state index in [9.17, 15) is 13.2 Å². The molecule has 2 aromatic rings. The first kappa shape index (κ1) is 21.1. The van der Waals surface area contributed by atoms with Gasteiger partial charge in [-0.15, -0.1) is 0 Å². The summed E-state index contributed by atoms with van der Waals surface area (Å²) in [5, 5.41) is 0.650. The number of nitrogens with zero attached hydrogens (tertiary/aromatic N) is 2. The molecule has 0 spiro atoms. The maximum atomic E-state index is 12.9. The third-order valence-electron chi connectivity index (χ3n) is 4.72. The molecule has 0 unspecified atom stereocenters. The lowest BCUT2D eigenvalue weighted by atomic mass is 10.0. The highest BCUT2D eigenvalue weighted by Gasteiger charge is 2.36. The molecule has 1 atom stereocenters. The molecule has 0 aliphatic carbocycles. The van der Waals surface area contributed by atoms with Crippen molar-refractivity contribution in [2.24, 2.45) is 0 Å². The van der Waals surface area contributed by atoms with E-state index in [1.807, 2.05) is 4.90 Å². The van der Waals surface area contributed by atoms with E-state index in [1.54, 1.807) is 42.5 Å². The van der Waals surface area contributed by atoms with Crippen LogP contribution in [0.5, 0.6) is 0 Å². The molecule has 0 N–H and O–H groups in total. The van der Waals surface area contributed by atoms with E-state index in [1.165, 1.54) is 17.5 Å². The van der Waals surface area contributed by atoms with Gasteiger partial charge in [0.15, 0.2) is 0 Å². The fourth-order valence-electron chi connectivity index (χ4n) is 3.28. The molecule has 150 valence electrons. The maximum Gasteiger partial charge on any atom is 0.327 e. The molecule has 28 heavy (non-hydrogen) atoms. The van der Waals surface area contributed by atoms with Gasteiger partial charge in [-0.2, -0.15) is 4.31 Å². The van der Waals surface area contributed by atoms with Gasteiger partial charge in [0.2, 0.25) is 10.0 Å². The van der Waals surface area contributed by atoms with Crippen molar-refractivity contribution in [3.63, 3.8) is 0 Å². The first-order valence-electron chi connectivity index (χ1n) is 8.67. The normalized spacial score (nSPS) is 17.2. The topological polar surface area (TPSA) is 66.9 Å². The Bertz CT molecular complexity index is 960. The average Bonchev–Trinajstić information content (AvgIpc) is 2.70. The van der Waals surface area contributed by atoms with E-state index in [0.29, 0.717) is 23.7 Å². The van der Waals surface area contributed by atoms with Crippen LogP contribution in [0.1, 0.15) is 11.6 Å². The van der Waals surface area contributed by atoms with Gasteiger partial charge >= 0.3 is 5.97 Å². The minimum atomic E-state index is -3.71. The minimum Gasteiger partial charge on any atom is -0.468 e. The van der Waals surface area contributed by atoms with E-state index in [4.69, 9.17) is 27.9 Å². The van der Waals surface area contributed by atoms with Crippen LogP contribution >= 0.6 is 23.2 Å². The second-order valence-corrected chi connectivity index (χ2v) is 9.04. The van der Waals surface area contributed by atoms with Crippen molar-refractivity contribution in [2.45, 2.75) is 10.9 Å². The molecule has 0 amide bonds. The van der Waals surface area contributed by atoms with Gasteiger partial charge in [0.05, 0.1) is 12.1 Å². The van der Waals surface area contributed by atoms with Gasteiger partial charge in [-0.1, -0.05) is 53.5 Å². The van der Waals surface area contributed by atoms with Gasteiger partial charge in [-0.05, 0) is 23.8 Å². The molecule has 1 saturated heterocycles. The molecular formula is C19H20Cl2N2O4S. The van der Waals surface area contributed by atoms with Crippen LogP contribution in [0, 0.1) is 0 Å². The smallest absolute Gasteiger partial charge is 0.327 e. The van der Waals surface area contributed by atoms with Gasteiger partial charge in [-0.25, -0.2) is 13.2 Å². The second-order valence-electron chi connectivity index (χ2n) is 6.32. The Kier molecular flexibility index (Phi) is 6.62. The van der Waals surface area contributed by atoms with Crippen molar-refractivity contribution < 1.29 is 17.9 Å². The van der Waals surface area contributed by atoms with Crippen molar-refractivity contribution in [2.75, 3.05) is 33.3 Å². The molecular weight excluding hydrogens is 423 g/mol. The first-order chi connectivity index (χ1) is 13.4. The summed E-state index contributed by atoms with van der Waals surface area (Å²) in [4.78, 5) is 14.4. The highest BCUT2D eigenvalue weighted by Crippen LogP contribution is 2.31. The Morgan fingerprint density at radius 2 is 1.54 bits per heavy atom. The summed E-state index contributed by atoms with van der Waals surface area (Å²) >= 11 is 12.4. The summed E-state index contributed by atoms with van der Waals surface area (Å²) < 4.78 is 32.2. The van der Waals surface area contributed by atoms with E-state index in [-0.39, 0.29) is 23.0 Å². The number of carbonyl (C=O) groups excluding carboxylic acids is 1. The van der Waals surface area contributed by atoms with Crippen molar-refractivity contribution in [1.82, 2.24) is 9.21 Å². The lowest BCUT2D eigenvalue weighted by molar-refractivity contribution is -0.147. The molecule has 0 bridgehead atoms. The zero-order valence-electron chi connectivity index (χ0n) is 15.2. The number of halogens is 2. The molecule has 0 saturated carbocycles. The third kappa shape index (κ3) is 4.18. The average molecular weight is 443 g/mol. The van der Waals surface area contributed by atoms with Crippen LogP contribution in [0.2, 0.25) is 10.0 Å². The molecule has 1 aliphatic heterocycles. The summed E-state index contributed by atoms with van der Waals surface area (Å²) in [6.07, 6.45) is 0. The number of benzene rings is 2. The summed E-state index contributed by atoms with van der Waals surface area (Å²) in [6, 6.07) is 12.7. The van der Waals surface area contributed by atoms with E-state index in [0.717, 1.165) is 0 Å². The third-order valence-corrected chi connectivity index (χ3v) is 7.46. The molecule has 0 radical (unpaired) electrons. The summed E-state index contributed by atoms with van der Waals surface area (Å²) in [7, 11) is -2.38. The van der Waals surface area contributed by atoms with Crippen LogP contribution < -0.4 is 0 Å². The summed E-state index contributed by atoms with van der Waals surface area (Å²) in [5.41, 5.74) is 0.637. The summed E-state index contributed by atoms with van der Waals surface area (Å²) in [5.74, 6) is -0.435. The Balaban J connectivity index is 1.81. The van der Waals surface area contributed by atoms with Gasteiger partial charge < -0.3 is 4.74 Å². The van der Waals surface area contributed by atoms with Crippen molar-refractivity contribution in [3.8, 4) is 0 Å². The van der Waals surface area contributed by atoms with Crippen molar-refractivity contribution >= 4 is 39.2 Å². The lowest BCUT2D eigenvalue weighted by Gasteiger charge is -2.37. The Morgan fingerprint density at radius 3 is 2.11 bits per heavy atom. The number of ether oxygens (including phenoxy) is 1. The molecule has 2 aromatic carbocycles. The van der Waals surface area contributed by atoms with Gasteiger partial charge in [0, 0.05) is 31.2 Å². The highest BCUT2D eigenvalue weighted by molar-refractivity contribution is 7.89. The lowest BCUT2D eigenvalue weighted by Crippen LogP contribution is -2.51. The SMILES string of the molecule is COC(=O)[C@@H](c1ccccc1Cl)N1CCN(S(=O)(=O)c2ccccc2Cl)CC1. The van der Waals surface area contributed by atoms with Gasteiger partial charge in [0.25, 0.3) is 0 Å². The van der Waals surface area contributed by atoms with E-state index in [2.05, 4.69) is 0 Å². The Morgan fingerprint density at radius 1 is 0.964 bits per heavy atom. The Hall–Kier alpha value is -1.64. The highest BCUT2D eigenvalue weighted by atomic mass is 35.5. The van der Waals surface area contributed by atoms with Crippen molar-refractivity contribution in [1.29, 1.82) is 0 Å².